The highest BCUT2D eigenvalue weighted by atomic mass is 35.5. The van der Waals surface area contributed by atoms with E-state index in [1.54, 1.807) is 10.9 Å². The van der Waals surface area contributed by atoms with Crippen LogP contribution in [0.3, 0.4) is 0 Å². The minimum absolute atomic E-state index is 0. The topological polar surface area (TPSA) is 61.0 Å². The summed E-state index contributed by atoms with van der Waals surface area (Å²) in [7, 11) is 1.90. The van der Waals surface area contributed by atoms with E-state index in [-0.39, 0.29) is 30.4 Å². The third-order valence-corrected chi connectivity index (χ3v) is 5.23. The second-order valence-corrected chi connectivity index (χ2v) is 6.91. The summed E-state index contributed by atoms with van der Waals surface area (Å²) in [4.78, 5) is 2.32. The Labute approximate surface area is 162 Å². The lowest BCUT2D eigenvalue weighted by Gasteiger charge is -2.26. The van der Waals surface area contributed by atoms with Crippen molar-refractivity contribution in [2.75, 3.05) is 13.1 Å². The van der Waals surface area contributed by atoms with Gasteiger partial charge >= 0.3 is 0 Å². The van der Waals surface area contributed by atoms with Gasteiger partial charge in [0.05, 0.1) is 30.1 Å². The smallest absolute Gasteiger partial charge is 0.136 e. The molecule has 1 saturated heterocycles. The average molecular weight is 391 g/mol. The van der Waals surface area contributed by atoms with Gasteiger partial charge in [0.2, 0.25) is 0 Å². The van der Waals surface area contributed by atoms with Crippen LogP contribution in [0.15, 0.2) is 36.5 Å². The second kappa shape index (κ2) is 7.03. The van der Waals surface area contributed by atoms with Crippen LogP contribution in [0.1, 0.15) is 17.3 Å². The SMILES string of the molecule is Cl.Cn1nccc1-c1nnn2c1CO[C@@H]1CN(Cc3ccc(F)cc3)C[C@H]12. The third kappa shape index (κ3) is 3.13. The summed E-state index contributed by atoms with van der Waals surface area (Å²) < 4.78 is 23.0. The molecular formula is C18H20ClFN6O. The van der Waals surface area contributed by atoms with Crippen molar-refractivity contribution >= 4 is 12.4 Å². The number of hydrogen-bond acceptors (Lipinski definition) is 5. The molecule has 0 amide bonds. The standard InChI is InChI=1S/C18H19FN6O.ClH/c1-23-14(6-7-20-23)18-16-11-26-17-10-24(9-15(17)25(16)22-21-18)8-12-2-4-13(19)5-3-12;/h2-7,15,17H,8-11H2,1H3;1H/t15-,17-;/m1./s1. The van der Waals surface area contributed by atoms with Crippen LogP contribution in [-0.4, -0.2) is 48.9 Å². The lowest BCUT2D eigenvalue weighted by atomic mass is 10.1. The molecule has 2 aliphatic heterocycles. The number of ether oxygens (including phenoxy) is 1. The van der Waals surface area contributed by atoms with Crippen LogP contribution >= 0.6 is 12.4 Å². The predicted molar refractivity (Wildman–Crippen MR) is 98.8 cm³/mol. The number of nitrogens with zero attached hydrogens (tertiary/aromatic N) is 6. The van der Waals surface area contributed by atoms with Crippen LogP contribution in [0.25, 0.3) is 11.4 Å². The van der Waals surface area contributed by atoms with Crippen molar-refractivity contribution in [3.8, 4) is 11.4 Å². The summed E-state index contributed by atoms with van der Waals surface area (Å²) in [5, 5.41) is 13.0. The highest BCUT2D eigenvalue weighted by Gasteiger charge is 2.40. The zero-order chi connectivity index (χ0) is 17.7. The number of aromatic nitrogens is 5. The molecule has 0 unspecified atom stereocenters. The molecule has 142 valence electrons. The van der Waals surface area contributed by atoms with Crippen molar-refractivity contribution in [3.05, 3.63) is 53.6 Å². The van der Waals surface area contributed by atoms with Gasteiger partial charge in [0.1, 0.15) is 11.5 Å². The first-order valence-electron chi connectivity index (χ1n) is 8.70. The zero-order valence-corrected chi connectivity index (χ0v) is 15.6. The molecule has 0 N–H and O–H groups in total. The third-order valence-electron chi connectivity index (χ3n) is 5.23. The highest BCUT2D eigenvalue weighted by Crippen LogP contribution is 2.34. The molecule has 7 nitrogen and oxygen atoms in total. The molecule has 0 aliphatic carbocycles. The van der Waals surface area contributed by atoms with E-state index in [1.807, 2.05) is 29.9 Å². The molecule has 0 bridgehead atoms. The number of fused-ring (bicyclic) bond motifs is 3. The van der Waals surface area contributed by atoms with Gasteiger partial charge in [-0.25, -0.2) is 9.07 Å². The zero-order valence-electron chi connectivity index (χ0n) is 14.8. The van der Waals surface area contributed by atoms with Crippen LogP contribution in [0.2, 0.25) is 0 Å². The van der Waals surface area contributed by atoms with Gasteiger partial charge in [0.25, 0.3) is 0 Å². The van der Waals surface area contributed by atoms with Crippen LogP contribution in [0.4, 0.5) is 4.39 Å². The summed E-state index contributed by atoms with van der Waals surface area (Å²) in [5.41, 5.74) is 3.87. The molecule has 0 spiro atoms. The Bertz CT molecular complexity index is 940. The van der Waals surface area contributed by atoms with Crippen molar-refractivity contribution in [1.29, 1.82) is 0 Å². The minimum Gasteiger partial charge on any atom is -0.368 e. The van der Waals surface area contributed by atoms with Crippen LogP contribution in [-0.2, 0) is 24.9 Å². The first-order valence-corrected chi connectivity index (χ1v) is 8.70. The molecular weight excluding hydrogens is 371 g/mol. The molecule has 0 radical (unpaired) electrons. The Hall–Kier alpha value is -2.29. The average Bonchev–Trinajstić information content (AvgIpc) is 3.33. The number of halogens is 2. The van der Waals surface area contributed by atoms with E-state index in [4.69, 9.17) is 4.74 Å². The summed E-state index contributed by atoms with van der Waals surface area (Å²) >= 11 is 0. The lowest BCUT2D eigenvalue weighted by Crippen LogP contribution is -2.32. The quantitative estimate of drug-likeness (QED) is 0.686. The Morgan fingerprint density at radius 2 is 2.00 bits per heavy atom. The van der Waals surface area contributed by atoms with Gasteiger partial charge < -0.3 is 4.74 Å². The molecule has 3 aromatic rings. The summed E-state index contributed by atoms with van der Waals surface area (Å²) in [6.07, 6.45) is 1.86. The monoisotopic (exact) mass is 390 g/mol. The maximum absolute atomic E-state index is 13.1. The van der Waals surface area contributed by atoms with Crippen molar-refractivity contribution in [2.45, 2.75) is 25.3 Å². The second-order valence-electron chi connectivity index (χ2n) is 6.91. The van der Waals surface area contributed by atoms with E-state index in [9.17, 15) is 4.39 Å². The fourth-order valence-electron chi connectivity index (χ4n) is 3.91. The van der Waals surface area contributed by atoms with E-state index in [0.29, 0.717) is 6.61 Å². The van der Waals surface area contributed by atoms with Gasteiger partial charge in [0.15, 0.2) is 0 Å². The molecule has 2 aliphatic rings. The van der Waals surface area contributed by atoms with Crippen LogP contribution in [0.5, 0.6) is 0 Å². The predicted octanol–water partition coefficient (Wildman–Crippen LogP) is 2.20. The van der Waals surface area contributed by atoms with Gasteiger partial charge in [0, 0.05) is 32.9 Å². The number of aryl methyl sites for hydroxylation is 1. The van der Waals surface area contributed by atoms with Crippen molar-refractivity contribution < 1.29 is 9.13 Å². The van der Waals surface area contributed by atoms with Gasteiger partial charge in [-0.1, -0.05) is 17.3 Å². The van der Waals surface area contributed by atoms with E-state index >= 15 is 0 Å². The first kappa shape index (κ1) is 18.1. The molecule has 2 aromatic heterocycles. The maximum Gasteiger partial charge on any atom is 0.136 e. The Balaban J connectivity index is 0.00000180. The Kier molecular flexibility index (Phi) is 4.71. The van der Waals surface area contributed by atoms with Gasteiger partial charge in [-0.3, -0.25) is 9.58 Å². The van der Waals surface area contributed by atoms with Crippen LogP contribution < -0.4 is 0 Å². The van der Waals surface area contributed by atoms with Crippen molar-refractivity contribution in [1.82, 2.24) is 29.7 Å². The van der Waals surface area contributed by atoms with Gasteiger partial charge in [-0.2, -0.15) is 5.10 Å². The molecule has 1 fully saturated rings. The summed E-state index contributed by atoms with van der Waals surface area (Å²) in [5.74, 6) is -0.206. The fraction of sp³-hybridized carbons (Fsp3) is 0.389. The maximum atomic E-state index is 13.1. The Morgan fingerprint density at radius 3 is 2.74 bits per heavy atom. The van der Waals surface area contributed by atoms with Gasteiger partial charge in [-0.05, 0) is 23.8 Å². The number of hydrogen-bond donors (Lipinski definition) is 0. The van der Waals surface area contributed by atoms with Gasteiger partial charge in [-0.15, -0.1) is 17.5 Å². The molecule has 9 heteroatoms. The van der Waals surface area contributed by atoms with Crippen LogP contribution in [0, 0.1) is 5.82 Å². The number of benzene rings is 1. The fourth-order valence-corrected chi connectivity index (χ4v) is 3.91. The minimum atomic E-state index is -0.206. The van der Waals surface area contributed by atoms with Crippen molar-refractivity contribution in [2.24, 2.45) is 7.05 Å². The summed E-state index contributed by atoms with van der Waals surface area (Å²) in [6.45, 7) is 2.94. The van der Waals surface area contributed by atoms with E-state index in [1.165, 1.54) is 12.1 Å². The molecule has 5 rings (SSSR count). The molecule has 4 heterocycles. The molecule has 1 aromatic carbocycles. The Morgan fingerprint density at radius 1 is 1.19 bits per heavy atom. The molecule has 0 saturated carbocycles. The van der Waals surface area contributed by atoms with E-state index in [0.717, 1.165) is 42.3 Å². The van der Waals surface area contributed by atoms with E-state index in [2.05, 4.69) is 20.3 Å². The molecule has 2 atom stereocenters. The normalized spacial score (nSPS) is 21.6. The first-order chi connectivity index (χ1) is 12.7. The molecule has 27 heavy (non-hydrogen) atoms. The lowest BCUT2D eigenvalue weighted by molar-refractivity contribution is -0.00495. The van der Waals surface area contributed by atoms with Crippen molar-refractivity contribution in [3.63, 3.8) is 0 Å². The number of rotatable bonds is 3. The van der Waals surface area contributed by atoms with E-state index < -0.39 is 0 Å². The largest absolute Gasteiger partial charge is 0.368 e. The number of likely N-dealkylation sites (tertiary alicyclic amines) is 1. The summed E-state index contributed by atoms with van der Waals surface area (Å²) in [6, 6.07) is 8.76. The highest BCUT2D eigenvalue weighted by molar-refractivity contribution is 5.85.